The Balaban J connectivity index is 1.85. The van der Waals surface area contributed by atoms with Crippen LogP contribution in [0, 0.1) is 6.92 Å². The highest BCUT2D eigenvalue weighted by Gasteiger charge is 2.20. The van der Waals surface area contributed by atoms with Crippen LogP contribution in [-0.2, 0) is 7.05 Å². The Morgan fingerprint density at radius 1 is 1.42 bits per heavy atom. The molecule has 3 rings (SSSR count). The summed E-state index contributed by atoms with van der Waals surface area (Å²) < 4.78 is 1.84. The lowest BCUT2D eigenvalue weighted by Crippen LogP contribution is -2.49. The number of aryl methyl sites for hydroxylation is 1. The van der Waals surface area contributed by atoms with Crippen LogP contribution in [0.4, 0.5) is 5.95 Å². The third-order valence-corrected chi connectivity index (χ3v) is 3.62. The summed E-state index contributed by atoms with van der Waals surface area (Å²) in [6, 6.07) is 0.468. The van der Waals surface area contributed by atoms with Crippen molar-refractivity contribution < 1.29 is 0 Å². The van der Waals surface area contributed by atoms with Crippen LogP contribution in [0.1, 0.15) is 12.6 Å². The second-order valence-electron chi connectivity index (χ2n) is 5.05. The fourth-order valence-electron chi connectivity index (χ4n) is 2.36. The minimum atomic E-state index is 0.468. The molecule has 19 heavy (non-hydrogen) atoms. The zero-order valence-electron chi connectivity index (χ0n) is 11.5. The van der Waals surface area contributed by atoms with E-state index in [-0.39, 0.29) is 0 Å². The van der Waals surface area contributed by atoms with Gasteiger partial charge in [-0.1, -0.05) is 0 Å². The molecule has 2 aromatic heterocycles. The van der Waals surface area contributed by atoms with Crippen molar-refractivity contribution >= 4 is 5.95 Å². The highest BCUT2D eigenvalue weighted by molar-refractivity contribution is 5.58. The molecule has 0 radical (unpaired) electrons. The normalized spacial score (nSPS) is 19.9. The molecule has 102 valence electrons. The van der Waals surface area contributed by atoms with Gasteiger partial charge in [0, 0.05) is 38.4 Å². The van der Waals surface area contributed by atoms with Gasteiger partial charge >= 0.3 is 0 Å². The molecule has 1 aliphatic rings. The molecule has 3 heterocycles. The quantitative estimate of drug-likeness (QED) is 0.814. The maximum atomic E-state index is 4.59. The monoisotopic (exact) mass is 261 g/mol. The van der Waals surface area contributed by atoms with Crippen LogP contribution < -0.4 is 10.2 Å². The van der Waals surface area contributed by atoms with Crippen molar-refractivity contribution in [3.05, 3.63) is 11.9 Å². The molecule has 1 unspecified atom stereocenters. The number of aromatic nitrogens is 5. The third-order valence-electron chi connectivity index (χ3n) is 3.62. The van der Waals surface area contributed by atoms with Crippen LogP contribution in [0.15, 0.2) is 6.20 Å². The van der Waals surface area contributed by atoms with E-state index >= 15 is 0 Å². The molecule has 1 aliphatic heterocycles. The SMILES string of the molecule is Cc1c(-c2nc(N3CCNC(C)C3)n[nH]2)cnn1C. The van der Waals surface area contributed by atoms with E-state index in [2.05, 4.69) is 37.4 Å². The minimum absolute atomic E-state index is 0.468. The van der Waals surface area contributed by atoms with E-state index in [0.717, 1.165) is 42.7 Å². The first-order valence-electron chi connectivity index (χ1n) is 6.55. The first-order valence-corrected chi connectivity index (χ1v) is 6.55. The summed E-state index contributed by atoms with van der Waals surface area (Å²) in [4.78, 5) is 6.79. The Bertz CT molecular complexity index is 570. The Kier molecular flexibility index (Phi) is 2.98. The molecular formula is C12H19N7. The Morgan fingerprint density at radius 3 is 2.95 bits per heavy atom. The number of rotatable bonds is 2. The average Bonchev–Trinajstić information content (AvgIpc) is 2.98. The molecule has 7 nitrogen and oxygen atoms in total. The molecule has 7 heteroatoms. The molecule has 0 aromatic carbocycles. The molecular weight excluding hydrogens is 242 g/mol. The first-order chi connectivity index (χ1) is 9.15. The van der Waals surface area contributed by atoms with Crippen molar-refractivity contribution in [2.24, 2.45) is 7.05 Å². The van der Waals surface area contributed by atoms with Crippen LogP contribution in [0.25, 0.3) is 11.4 Å². The van der Waals surface area contributed by atoms with Gasteiger partial charge in [0.1, 0.15) is 0 Å². The van der Waals surface area contributed by atoms with Gasteiger partial charge in [-0.3, -0.25) is 9.78 Å². The number of nitrogens with one attached hydrogen (secondary N) is 2. The van der Waals surface area contributed by atoms with Crippen LogP contribution in [-0.4, -0.2) is 50.6 Å². The third kappa shape index (κ3) is 2.21. The van der Waals surface area contributed by atoms with E-state index in [9.17, 15) is 0 Å². The summed E-state index contributed by atoms with van der Waals surface area (Å²) in [5, 5.41) is 15.0. The fourth-order valence-corrected chi connectivity index (χ4v) is 2.36. The summed E-state index contributed by atoms with van der Waals surface area (Å²) in [5.41, 5.74) is 2.08. The fraction of sp³-hybridized carbons (Fsp3) is 0.583. The summed E-state index contributed by atoms with van der Waals surface area (Å²) in [7, 11) is 1.92. The lowest BCUT2D eigenvalue weighted by atomic mass is 10.2. The largest absolute Gasteiger partial charge is 0.337 e. The van der Waals surface area contributed by atoms with Crippen molar-refractivity contribution in [1.29, 1.82) is 0 Å². The van der Waals surface area contributed by atoms with Crippen molar-refractivity contribution in [3.63, 3.8) is 0 Å². The van der Waals surface area contributed by atoms with Crippen molar-refractivity contribution in [2.75, 3.05) is 24.5 Å². The second-order valence-corrected chi connectivity index (χ2v) is 5.05. The van der Waals surface area contributed by atoms with E-state index in [1.165, 1.54) is 0 Å². The lowest BCUT2D eigenvalue weighted by molar-refractivity contribution is 0.480. The van der Waals surface area contributed by atoms with Gasteiger partial charge in [-0.15, -0.1) is 5.10 Å². The van der Waals surface area contributed by atoms with Gasteiger partial charge in [-0.05, 0) is 13.8 Å². The molecule has 1 fully saturated rings. The average molecular weight is 261 g/mol. The van der Waals surface area contributed by atoms with Gasteiger partial charge in [0.15, 0.2) is 5.82 Å². The highest BCUT2D eigenvalue weighted by Crippen LogP contribution is 2.21. The number of H-pyrrole nitrogens is 1. The zero-order valence-corrected chi connectivity index (χ0v) is 11.5. The van der Waals surface area contributed by atoms with Gasteiger partial charge in [0.25, 0.3) is 0 Å². The maximum absolute atomic E-state index is 4.59. The van der Waals surface area contributed by atoms with E-state index < -0.39 is 0 Å². The molecule has 0 aliphatic carbocycles. The molecule has 0 saturated carbocycles. The number of hydrogen-bond acceptors (Lipinski definition) is 5. The van der Waals surface area contributed by atoms with Gasteiger partial charge in [0.05, 0.1) is 11.8 Å². The summed E-state index contributed by atoms with van der Waals surface area (Å²) in [6.07, 6.45) is 1.82. The topological polar surface area (TPSA) is 74.7 Å². The number of aromatic amines is 1. The van der Waals surface area contributed by atoms with E-state index in [0.29, 0.717) is 6.04 Å². The summed E-state index contributed by atoms with van der Waals surface area (Å²) in [6.45, 7) is 7.04. The molecule has 0 spiro atoms. The smallest absolute Gasteiger partial charge is 0.245 e. The highest BCUT2D eigenvalue weighted by atomic mass is 15.4. The predicted octanol–water partition coefficient (Wildman–Crippen LogP) is 0.312. The van der Waals surface area contributed by atoms with Crippen LogP contribution in [0.3, 0.4) is 0 Å². The number of hydrogen-bond donors (Lipinski definition) is 2. The van der Waals surface area contributed by atoms with Crippen molar-refractivity contribution in [3.8, 4) is 11.4 Å². The maximum Gasteiger partial charge on any atom is 0.245 e. The molecule has 0 amide bonds. The van der Waals surface area contributed by atoms with Crippen LogP contribution >= 0.6 is 0 Å². The predicted molar refractivity (Wildman–Crippen MR) is 73.0 cm³/mol. The van der Waals surface area contributed by atoms with Gasteiger partial charge in [-0.2, -0.15) is 10.1 Å². The lowest BCUT2D eigenvalue weighted by Gasteiger charge is -2.30. The number of anilines is 1. The Hall–Kier alpha value is -1.89. The number of nitrogens with zero attached hydrogens (tertiary/aromatic N) is 5. The second kappa shape index (κ2) is 4.65. The van der Waals surface area contributed by atoms with Crippen LogP contribution in [0.5, 0.6) is 0 Å². The van der Waals surface area contributed by atoms with Gasteiger partial charge in [-0.25, -0.2) is 0 Å². The standard InChI is InChI=1S/C12H19N7/c1-8-7-19(5-4-13-8)12-15-11(16-17-12)10-6-14-18(3)9(10)2/h6,8,13H,4-5,7H2,1-3H3,(H,15,16,17). The van der Waals surface area contributed by atoms with Crippen LogP contribution in [0.2, 0.25) is 0 Å². The summed E-state index contributed by atoms with van der Waals surface area (Å²) in [5.74, 6) is 1.55. The van der Waals surface area contributed by atoms with E-state index in [1.807, 2.05) is 24.9 Å². The molecule has 2 N–H and O–H groups in total. The zero-order chi connectivity index (χ0) is 13.4. The van der Waals surface area contributed by atoms with Gasteiger partial charge in [0.2, 0.25) is 5.95 Å². The molecule has 1 saturated heterocycles. The first kappa shape index (κ1) is 12.2. The van der Waals surface area contributed by atoms with E-state index in [1.54, 1.807) is 0 Å². The van der Waals surface area contributed by atoms with Crippen molar-refractivity contribution in [2.45, 2.75) is 19.9 Å². The molecule has 1 atom stereocenters. The summed E-state index contributed by atoms with van der Waals surface area (Å²) >= 11 is 0. The Morgan fingerprint density at radius 2 is 2.26 bits per heavy atom. The van der Waals surface area contributed by atoms with Crippen molar-refractivity contribution in [1.82, 2.24) is 30.3 Å². The molecule has 0 bridgehead atoms. The Labute approximate surface area is 112 Å². The van der Waals surface area contributed by atoms with Gasteiger partial charge < -0.3 is 10.2 Å². The molecule has 2 aromatic rings. The minimum Gasteiger partial charge on any atom is -0.337 e. The van der Waals surface area contributed by atoms with E-state index in [4.69, 9.17) is 0 Å². The number of piperazine rings is 1.